The van der Waals surface area contributed by atoms with E-state index in [4.69, 9.17) is 9.84 Å². The van der Waals surface area contributed by atoms with Crippen LogP contribution in [-0.2, 0) is 14.6 Å². The van der Waals surface area contributed by atoms with E-state index in [1.807, 2.05) is 54.6 Å². The van der Waals surface area contributed by atoms with E-state index in [0.29, 0.717) is 11.5 Å². The van der Waals surface area contributed by atoms with Crippen LogP contribution in [0.25, 0.3) is 28.1 Å². The number of carbonyl (C=O) groups is 1. The summed E-state index contributed by atoms with van der Waals surface area (Å²) in [6, 6.07) is 28.1. The third-order valence-electron chi connectivity index (χ3n) is 6.67. The number of H-pyrrole nitrogens is 1. The summed E-state index contributed by atoms with van der Waals surface area (Å²) >= 11 is 0. The first-order valence-electron chi connectivity index (χ1n) is 13.0. The van der Waals surface area contributed by atoms with Crippen LogP contribution >= 0.6 is 0 Å². The minimum Gasteiger partial charge on any atom is -0.478 e. The van der Waals surface area contributed by atoms with E-state index in [0.717, 1.165) is 56.8 Å². The standard InChI is InChI=1S/C33H28N2O5S/c1-3-30(24-5-4-6-28(20-24)40-27-13-15-29(16-14-27)41(2,38)39)33(25-12-17-31-26(19-25)21-34-35-31)23-10-7-22(8-11-23)9-18-32(36)37/h4-21H,3H2,1-2H3,(H,34,35)(H,36,37). The lowest BCUT2D eigenvalue weighted by atomic mass is 9.87. The highest BCUT2D eigenvalue weighted by molar-refractivity contribution is 7.90. The monoisotopic (exact) mass is 564 g/mol. The molecule has 0 radical (unpaired) electrons. The van der Waals surface area contributed by atoms with E-state index in [2.05, 4.69) is 29.3 Å². The van der Waals surface area contributed by atoms with Crippen molar-refractivity contribution >= 4 is 43.9 Å². The lowest BCUT2D eigenvalue weighted by Crippen LogP contribution is -1.97. The van der Waals surface area contributed by atoms with Gasteiger partial charge in [0.25, 0.3) is 0 Å². The summed E-state index contributed by atoms with van der Waals surface area (Å²) in [4.78, 5) is 11.2. The Bertz CT molecular complexity index is 1880. The lowest BCUT2D eigenvalue weighted by Gasteiger charge is -2.17. The van der Waals surface area contributed by atoms with Crippen molar-refractivity contribution < 1.29 is 23.1 Å². The molecule has 7 nitrogen and oxygen atoms in total. The van der Waals surface area contributed by atoms with Crippen molar-refractivity contribution in [3.63, 3.8) is 0 Å². The van der Waals surface area contributed by atoms with Crippen molar-refractivity contribution in [1.82, 2.24) is 10.2 Å². The first-order chi connectivity index (χ1) is 19.7. The summed E-state index contributed by atoms with van der Waals surface area (Å²) < 4.78 is 29.7. The first-order valence-corrected chi connectivity index (χ1v) is 14.9. The number of carboxylic acid groups (broad SMARTS) is 1. The van der Waals surface area contributed by atoms with Crippen molar-refractivity contribution in [2.45, 2.75) is 18.2 Å². The largest absolute Gasteiger partial charge is 0.478 e. The number of allylic oxidation sites excluding steroid dienone is 1. The molecule has 0 saturated heterocycles. The molecule has 0 aliphatic rings. The number of fused-ring (bicyclic) bond motifs is 1. The zero-order valence-electron chi connectivity index (χ0n) is 22.5. The van der Waals surface area contributed by atoms with Crippen LogP contribution < -0.4 is 4.74 Å². The Morgan fingerprint density at radius 1 is 0.902 bits per heavy atom. The number of aromatic amines is 1. The number of hydrogen-bond acceptors (Lipinski definition) is 5. The molecule has 0 spiro atoms. The quantitative estimate of drug-likeness (QED) is 0.144. The third kappa shape index (κ3) is 6.45. The van der Waals surface area contributed by atoms with Crippen LogP contribution in [0.3, 0.4) is 0 Å². The molecule has 0 bridgehead atoms. The third-order valence-corrected chi connectivity index (χ3v) is 7.80. The Balaban J connectivity index is 1.59. The second-order valence-electron chi connectivity index (χ2n) is 9.55. The molecule has 1 heterocycles. The maximum absolute atomic E-state index is 11.8. The summed E-state index contributed by atoms with van der Waals surface area (Å²) in [6.45, 7) is 2.10. The minimum atomic E-state index is -3.29. The van der Waals surface area contributed by atoms with E-state index in [1.165, 1.54) is 18.4 Å². The fraction of sp³-hybridized carbons (Fsp3) is 0.0909. The SMILES string of the molecule is CCC(=C(c1ccc(C=CC(=O)O)cc1)c1ccc2[nH]ncc2c1)c1cccc(Oc2ccc(S(C)(=O)=O)cc2)c1. The van der Waals surface area contributed by atoms with Crippen LogP contribution in [-0.4, -0.2) is 35.9 Å². The average Bonchev–Trinajstić information content (AvgIpc) is 3.43. The molecule has 0 fully saturated rings. The van der Waals surface area contributed by atoms with Gasteiger partial charge >= 0.3 is 5.97 Å². The van der Waals surface area contributed by atoms with E-state index in [9.17, 15) is 13.2 Å². The van der Waals surface area contributed by atoms with Gasteiger partial charge in [0.1, 0.15) is 11.5 Å². The number of aromatic nitrogens is 2. The topological polar surface area (TPSA) is 109 Å². The number of aliphatic carboxylic acids is 1. The molecule has 0 aliphatic carbocycles. The minimum absolute atomic E-state index is 0.235. The fourth-order valence-corrected chi connectivity index (χ4v) is 5.34. The predicted octanol–water partition coefficient (Wildman–Crippen LogP) is 7.23. The van der Waals surface area contributed by atoms with Gasteiger partial charge in [0.15, 0.2) is 9.84 Å². The smallest absolute Gasteiger partial charge is 0.328 e. The van der Waals surface area contributed by atoms with E-state index in [1.54, 1.807) is 24.4 Å². The summed E-state index contributed by atoms with van der Waals surface area (Å²) in [5, 5.41) is 17.2. The van der Waals surface area contributed by atoms with Crippen LogP contribution in [0.15, 0.2) is 108 Å². The Morgan fingerprint density at radius 3 is 2.32 bits per heavy atom. The molecule has 5 rings (SSSR count). The maximum atomic E-state index is 11.8. The molecule has 0 unspecified atom stereocenters. The molecular weight excluding hydrogens is 536 g/mol. The van der Waals surface area contributed by atoms with Crippen LogP contribution in [0.2, 0.25) is 0 Å². The van der Waals surface area contributed by atoms with Gasteiger partial charge in [-0.05, 0) is 94.4 Å². The molecule has 0 atom stereocenters. The molecule has 5 aromatic rings. The summed E-state index contributed by atoms with van der Waals surface area (Å²) in [7, 11) is -3.29. The second-order valence-corrected chi connectivity index (χ2v) is 11.6. The van der Waals surface area contributed by atoms with Gasteiger partial charge in [0, 0.05) is 17.7 Å². The van der Waals surface area contributed by atoms with Crippen LogP contribution in [0.5, 0.6) is 11.5 Å². The number of ether oxygens (including phenoxy) is 1. The van der Waals surface area contributed by atoms with Crippen LogP contribution in [0.4, 0.5) is 0 Å². The summed E-state index contributed by atoms with van der Waals surface area (Å²) in [6.07, 6.45) is 6.39. The number of hydrogen-bond donors (Lipinski definition) is 2. The first kappa shape index (κ1) is 27.6. The van der Waals surface area contributed by atoms with Gasteiger partial charge in [0.2, 0.25) is 0 Å². The molecule has 1 aromatic heterocycles. The number of benzene rings is 4. The zero-order chi connectivity index (χ0) is 29.0. The number of carboxylic acids is 1. The van der Waals surface area contributed by atoms with Crippen LogP contribution in [0, 0.1) is 0 Å². The molecule has 8 heteroatoms. The molecule has 0 amide bonds. The molecule has 206 valence electrons. The number of rotatable bonds is 9. The Kier molecular flexibility index (Phi) is 7.85. The van der Waals surface area contributed by atoms with Gasteiger partial charge in [0.05, 0.1) is 16.6 Å². The van der Waals surface area contributed by atoms with E-state index >= 15 is 0 Å². The molecule has 4 aromatic carbocycles. The van der Waals surface area contributed by atoms with Crippen molar-refractivity contribution in [2.75, 3.05) is 6.26 Å². The van der Waals surface area contributed by atoms with Gasteiger partial charge in [-0.25, -0.2) is 13.2 Å². The van der Waals surface area contributed by atoms with Gasteiger partial charge < -0.3 is 9.84 Å². The van der Waals surface area contributed by atoms with Crippen molar-refractivity contribution in [3.8, 4) is 11.5 Å². The van der Waals surface area contributed by atoms with Gasteiger partial charge in [-0.1, -0.05) is 49.4 Å². The molecule has 41 heavy (non-hydrogen) atoms. The van der Waals surface area contributed by atoms with Crippen molar-refractivity contribution in [1.29, 1.82) is 0 Å². The molecular formula is C33H28N2O5S. The van der Waals surface area contributed by atoms with Crippen molar-refractivity contribution in [2.24, 2.45) is 0 Å². The normalized spacial score (nSPS) is 12.4. The van der Waals surface area contributed by atoms with E-state index in [-0.39, 0.29) is 4.90 Å². The van der Waals surface area contributed by atoms with Gasteiger partial charge in [-0.15, -0.1) is 0 Å². The maximum Gasteiger partial charge on any atom is 0.328 e. The predicted molar refractivity (Wildman–Crippen MR) is 161 cm³/mol. The Labute approximate surface area is 238 Å². The van der Waals surface area contributed by atoms with Crippen LogP contribution in [0.1, 0.15) is 35.6 Å². The molecule has 2 N–H and O–H groups in total. The lowest BCUT2D eigenvalue weighted by molar-refractivity contribution is -0.131. The van der Waals surface area contributed by atoms with Gasteiger partial charge in [-0.2, -0.15) is 5.10 Å². The molecule has 0 saturated carbocycles. The van der Waals surface area contributed by atoms with E-state index < -0.39 is 15.8 Å². The molecule has 0 aliphatic heterocycles. The number of nitrogens with one attached hydrogen (secondary N) is 1. The summed E-state index contributed by atoms with van der Waals surface area (Å²) in [5.74, 6) is 0.163. The Hall–Kier alpha value is -4.95. The second kappa shape index (κ2) is 11.7. The average molecular weight is 565 g/mol. The fourth-order valence-electron chi connectivity index (χ4n) is 4.71. The Morgan fingerprint density at radius 2 is 1.63 bits per heavy atom. The zero-order valence-corrected chi connectivity index (χ0v) is 23.4. The highest BCUT2D eigenvalue weighted by atomic mass is 32.2. The number of sulfone groups is 1. The highest BCUT2D eigenvalue weighted by Gasteiger charge is 2.15. The number of nitrogens with zero attached hydrogens (tertiary/aromatic N) is 1. The highest BCUT2D eigenvalue weighted by Crippen LogP contribution is 2.37. The van der Waals surface area contributed by atoms with Gasteiger partial charge in [-0.3, -0.25) is 5.10 Å². The van der Waals surface area contributed by atoms with Crippen molar-refractivity contribution in [3.05, 3.63) is 126 Å². The summed E-state index contributed by atoms with van der Waals surface area (Å²) in [5.41, 5.74) is 6.86.